The quantitative estimate of drug-likeness (QED) is 0.713. The number of carbonyl (C=O) groups is 1. The highest BCUT2D eigenvalue weighted by Crippen LogP contribution is 2.27. The fourth-order valence-corrected chi connectivity index (χ4v) is 2.49. The second-order valence-electron chi connectivity index (χ2n) is 5.29. The standard InChI is InChI=1S/C13H25N3O/c1-2-16(12-5-7-14-8-6-12)10-13(17)15-9-11-3-4-11/h11-12,14H,2-10H2,1H3,(H,15,17). The van der Waals surface area contributed by atoms with Gasteiger partial charge < -0.3 is 10.6 Å². The average Bonchev–Trinajstić information content (AvgIpc) is 3.18. The lowest BCUT2D eigenvalue weighted by molar-refractivity contribution is -0.123. The Labute approximate surface area is 104 Å². The highest BCUT2D eigenvalue weighted by Gasteiger charge is 2.24. The molecule has 0 spiro atoms. The van der Waals surface area contributed by atoms with Crippen LogP contribution >= 0.6 is 0 Å². The molecule has 0 radical (unpaired) electrons. The van der Waals surface area contributed by atoms with Crippen LogP contribution in [0.4, 0.5) is 0 Å². The van der Waals surface area contributed by atoms with Crippen LogP contribution in [0.25, 0.3) is 0 Å². The summed E-state index contributed by atoms with van der Waals surface area (Å²) in [6.07, 6.45) is 4.94. The fraction of sp³-hybridized carbons (Fsp3) is 0.923. The first-order chi connectivity index (χ1) is 8.29. The van der Waals surface area contributed by atoms with Gasteiger partial charge >= 0.3 is 0 Å². The first-order valence-electron chi connectivity index (χ1n) is 7.01. The maximum absolute atomic E-state index is 11.8. The van der Waals surface area contributed by atoms with Crippen molar-refractivity contribution in [3.05, 3.63) is 0 Å². The summed E-state index contributed by atoms with van der Waals surface area (Å²) in [6.45, 7) is 6.77. The Morgan fingerprint density at radius 3 is 2.59 bits per heavy atom. The molecule has 0 aromatic carbocycles. The number of likely N-dealkylation sites (N-methyl/N-ethyl adjacent to an activating group) is 1. The molecule has 17 heavy (non-hydrogen) atoms. The summed E-state index contributed by atoms with van der Waals surface area (Å²) in [7, 11) is 0. The zero-order valence-electron chi connectivity index (χ0n) is 10.9. The number of amides is 1. The molecule has 0 atom stereocenters. The lowest BCUT2D eigenvalue weighted by Gasteiger charge is -2.33. The van der Waals surface area contributed by atoms with Crippen LogP contribution in [0.5, 0.6) is 0 Å². The van der Waals surface area contributed by atoms with Crippen LogP contribution in [0.1, 0.15) is 32.6 Å². The van der Waals surface area contributed by atoms with Gasteiger partial charge in [0.15, 0.2) is 0 Å². The van der Waals surface area contributed by atoms with Crippen LogP contribution in [0.3, 0.4) is 0 Å². The van der Waals surface area contributed by atoms with E-state index in [2.05, 4.69) is 22.5 Å². The van der Waals surface area contributed by atoms with Crippen molar-refractivity contribution in [2.24, 2.45) is 5.92 Å². The Hall–Kier alpha value is -0.610. The van der Waals surface area contributed by atoms with E-state index in [-0.39, 0.29) is 5.91 Å². The van der Waals surface area contributed by atoms with Crippen molar-refractivity contribution in [2.75, 3.05) is 32.7 Å². The maximum atomic E-state index is 11.8. The van der Waals surface area contributed by atoms with Crippen LogP contribution < -0.4 is 10.6 Å². The number of nitrogens with one attached hydrogen (secondary N) is 2. The first-order valence-corrected chi connectivity index (χ1v) is 7.01. The second-order valence-corrected chi connectivity index (χ2v) is 5.29. The molecule has 2 fully saturated rings. The molecule has 0 bridgehead atoms. The number of hydrogen-bond acceptors (Lipinski definition) is 3. The Morgan fingerprint density at radius 1 is 1.29 bits per heavy atom. The molecule has 2 N–H and O–H groups in total. The lowest BCUT2D eigenvalue weighted by atomic mass is 10.0. The van der Waals surface area contributed by atoms with Gasteiger partial charge in [0.25, 0.3) is 0 Å². The molecule has 2 rings (SSSR count). The third-order valence-corrected chi connectivity index (χ3v) is 3.86. The van der Waals surface area contributed by atoms with Crippen molar-refractivity contribution in [1.29, 1.82) is 0 Å². The third kappa shape index (κ3) is 4.28. The molecule has 0 aromatic heterocycles. The van der Waals surface area contributed by atoms with E-state index in [9.17, 15) is 4.79 Å². The smallest absolute Gasteiger partial charge is 0.234 e. The maximum Gasteiger partial charge on any atom is 0.234 e. The Kier molecular flexibility index (Phi) is 4.80. The van der Waals surface area contributed by atoms with Crippen LogP contribution in [0.15, 0.2) is 0 Å². The monoisotopic (exact) mass is 239 g/mol. The van der Waals surface area contributed by atoms with Gasteiger partial charge in [0.05, 0.1) is 6.54 Å². The molecule has 4 nitrogen and oxygen atoms in total. The van der Waals surface area contributed by atoms with Crippen LogP contribution in [0.2, 0.25) is 0 Å². The fourth-order valence-electron chi connectivity index (χ4n) is 2.49. The summed E-state index contributed by atoms with van der Waals surface area (Å²) in [5.74, 6) is 0.977. The molecule has 1 saturated heterocycles. The molecule has 1 aliphatic carbocycles. The largest absolute Gasteiger partial charge is 0.355 e. The third-order valence-electron chi connectivity index (χ3n) is 3.86. The highest BCUT2D eigenvalue weighted by atomic mass is 16.2. The topological polar surface area (TPSA) is 44.4 Å². The average molecular weight is 239 g/mol. The molecule has 2 aliphatic rings. The van der Waals surface area contributed by atoms with Gasteiger partial charge in [-0.3, -0.25) is 9.69 Å². The summed E-state index contributed by atoms with van der Waals surface area (Å²) in [5.41, 5.74) is 0. The van der Waals surface area contributed by atoms with Gasteiger partial charge in [-0.2, -0.15) is 0 Å². The van der Waals surface area contributed by atoms with Gasteiger partial charge in [-0.25, -0.2) is 0 Å². The van der Waals surface area contributed by atoms with E-state index in [1.54, 1.807) is 0 Å². The van der Waals surface area contributed by atoms with Crippen molar-refractivity contribution in [3.63, 3.8) is 0 Å². The molecule has 0 unspecified atom stereocenters. The molecular weight excluding hydrogens is 214 g/mol. The number of rotatable bonds is 6. The number of carbonyl (C=O) groups excluding carboxylic acids is 1. The number of nitrogens with zero attached hydrogens (tertiary/aromatic N) is 1. The number of hydrogen-bond donors (Lipinski definition) is 2. The first kappa shape index (κ1) is 12.8. The van der Waals surface area contributed by atoms with E-state index in [0.29, 0.717) is 12.6 Å². The summed E-state index contributed by atoms with van der Waals surface area (Å²) in [5, 5.41) is 6.42. The van der Waals surface area contributed by atoms with Gasteiger partial charge in [0.2, 0.25) is 5.91 Å². The van der Waals surface area contributed by atoms with Crippen molar-refractivity contribution >= 4 is 5.91 Å². The SMILES string of the molecule is CCN(CC(=O)NCC1CC1)C1CCNCC1. The van der Waals surface area contributed by atoms with Gasteiger partial charge in [-0.15, -0.1) is 0 Å². The second kappa shape index (κ2) is 6.36. The molecular formula is C13H25N3O. The van der Waals surface area contributed by atoms with Gasteiger partial charge in [-0.05, 0) is 51.2 Å². The molecule has 1 aliphatic heterocycles. The van der Waals surface area contributed by atoms with E-state index in [0.717, 1.165) is 32.1 Å². The zero-order valence-corrected chi connectivity index (χ0v) is 10.9. The molecule has 98 valence electrons. The predicted octanol–water partition coefficient (Wildman–Crippen LogP) is 0.587. The minimum absolute atomic E-state index is 0.206. The van der Waals surface area contributed by atoms with E-state index in [4.69, 9.17) is 0 Å². The minimum Gasteiger partial charge on any atom is -0.355 e. The zero-order chi connectivity index (χ0) is 12.1. The number of piperidine rings is 1. The van der Waals surface area contributed by atoms with Gasteiger partial charge in [0.1, 0.15) is 0 Å². The summed E-state index contributed by atoms with van der Waals surface area (Å²) < 4.78 is 0. The van der Waals surface area contributed by atoms with E-state index in [1.807, 2.05) is 0 Å². The molecule has 1 amide bonds. The van der Waals surface area contributed by atoms with Crippen molar-refractivity contribution in [3.8, 4) is 0 Å². The lowest BCUT2D eigenvalue weighted by Crippen LogP contribution is -2.47. The van der Waals surface area contributed by atoms with E-state index in [1.165, 1.54) is 25.7 Å². The van der Waals surface area contributed by atoms with Gasteiger partial charge in [0, 0.05) is 12.6 Å². The van der Waals surface area contributed by atoms with Crippen molar-refractivity contribution in [2.45, 2.75) is 38.6 Å². The Morgan fingerprint density at radius 2 is 2.00 bits per heavy atom. The molecule has 0 aromatic rings. The van der Waals surface area contributed by atoms with Gasteiger partial charge in [-0.1, -0.05) is 6.92 Å². The van der Waals surface area contributed by atoms with Crippen molar-refractivity contribution in [1.82, 2.24) is 15.5 Å². The summed E-state index contributed by atoms with van der Waals surface area (Å²) in [4.78, 5) is 14.1. The molecule has 4 heteroatoms. The molecule has 1 heterocycles. The summed E-state index contributed by atoms with van der Waals surface area (Å²) >= 11 is 0. The van der Waals surface area contributed by atoms with Crippen LogP contribution in [0, 0.1) is 5.92 Å². The predicted molar refractivity (Wildman–Crippen MR) is 68.9 cm³/mol. The Bertz CT molecular complexity index is 247. The van der Waals surface area contributed by atoms with E-state index < -0.39 is 0 Å². The minimum atomic E-state index is 0.206. The normalized spacial score (nSPS) is 21.8. The van der Waals surface area contributed by atoms with Crippen molar-refractivity contribution < 1.29 is 4.79 Å². The molecule has 1 saturated carbocycles. The highest BCUT2D eigenvalue weighted by molar-refractivity contribution is 5.78. The van der Waals surface area contributed by atoms with Crippen LogP contribution in [-0.4, -0.2) is 49.6 Å². The van der Waals surface area contributed by atoms with Crippen LogP contribution in [-0.2, 0) is 4.79 Å². The van der Waals surface area contributed by atoms with E-state index >= 15 is 0 Å². The Balaban J connectivity index is 1.70. The summed E-state index contributed by atoms with van der Waals surface area (Å²) in [6, 6.07) is 0.591.